The van der Waals surface area contributed by atoms with Crippen molar-refractivity contribution in [2.45, 2.75) is 20.3 Å². The molecule has 0 atom stereocenters. The third-order valence-electron chi connectivity index (χ3n) is 3.82. The lowest BCUT2D eigenvalue weighted by Crippen LogP contribution is -2.21. The summed E-state index contributed by atoms with van der Waals surface area (Å²) in [6.07, 6.45) is 1.57. The van der Waals surface area contributed by atoms with Crippen LogP contribution >= 0.6 is 0 Å². The van der Waals surface area contributed by atoms with Gasteiger partial charge in [-0.15, -0.1) is 0 Å². The van der Waals surface area contributed by atoms with E-state index in [1.165, 1.54) is 20.4 Å². The first-order chi connectivity index (χ1) is 13.3. The van der Waals surface area contributed by atoms with Crippen LogP contribution in [0.5, 0.6) is 11.5 Å². The second kappa shape index (κ2) is 9.36. The summed E-state index contributed by atoms with van der Waals surface area (Å²) in [7, 11) is -0.716. The molecule has 0 radical (unpaired) electrons. The maximum Gasteiger partial charge on any atom is 0.357 e. The van der Waals surface area contributed by atoms with E-state index in [9.17, 15) is 13.2 Å². The zero-order chi connectivity index (χ0) is 20.7. The van der Waals surface area contributed by atoms with E-state index in [0.29, 0.717) is 22.6 Å². The zero-order valence-corrected chi connectivity index (χ0v) is 17.0. The number of nitrogens with one attached hydrogen (secondary N) is 1. The van der Waals surface area contributed by atoms with Gasteiger partial charge in [0, 0.05) is 17.8 Å². The van der Waals surface area contributed by atoms with E-state index >= 15 is 0 Å². The van der Waals surface area contributed by atoms with Crippen molar-refractivity contribution in [3.8, 4) is 11.5 Å². The average Bonchev–Trinajstić information content (AvgIpc) is 2.67. The largest absolute Gasteiger partial charge is 0.497 e. The summed E-state index contributed by atoms with van der Waals surface area (Å²) in [5.41, 5.74) is 1.22. The standard InChI is InChI=1S/C18H23N3O6S/c1-5-27-17(22)16-12(2)11-19-18(20-16)21-28(23,24)9-8-13-6-7-14(25-3)10-15(13)26-4/h6-7,10-11H,5,8-9H2,1-4H3,(H,19,20,21). The van der Waals surface area contributed by atoms with E-state index in [1.807, 2.05) is 0 Å². The van der Waals surface area contributed by atoms with Crippen molar-refractivity contribution in [1.29, 1.82) is 0 Å². The van der Waals surface area contributed by atoms with Gasteiger partial charge in [-0.3, -0.25) is 4.72 Å². The number of ether oxygens (including phenoxy) is 3. The van der Waals surface area contributed by atoms with E-state index in [2.05, 4.69) is 14.7 Å². The van der Waals surface area contributed by atoms with Crippen LogP contribution in [-0.4, -0.2) is 50.9 Å². The number of hydrogen-bond donors (Lipinski definition) is 1. The third-order valence-corrected chi connectivity index (χ3v) is 5.06. The topological polar surface area (TPSA) is 117 Å². The molecular formula is C18H23N3O6S. The number of sulfonamides is 1. The molecule has 0 saturated heterocycles. The molecule has 0 spiro atoms. The van der Waals surface area contributed by atoms with Crippen LogP contribution in [0.1, 0.15) is 28.5 Å². The summed E-state index contributed by atoms with van der Waals surface area (Å²) in [6.45, 7) is 3.50. The second-order valence-electron chi connectivity index (χ2n) is 5.79. The molecule has 1 N–H and O–H groups in total. The molecule has 0 aliphatic rings. The fourth-order valence-electron chi connectivity index (χ4n) is 2.39. The Morgan fingerprint density at radius 1 is 1.21 bits per heavy atom. The number of carbonyl (C=O) groups is 1. The molecule has 0 amide bonds. The minimum absolute atomic E-state index is 0.0198. The number of esters is 1. The van der Waals surface area contributed by atoms with Gasteiger partial charge < -0.3 is 14.2 Å². The van der Waals surface area contributed by atoms with E-state index in [-0.39, 0.29) is 30.4 Å². The highest BCUT2D eigenvalue weighted by molar-refractivity contribution is 7.92. The highest BCUT2D eigenvalue weighted by Gasteiger charge is 2.18. The van der Waals surface area contributed by atoms with Crippen LogP contribution in [0.25, 0.3) is 0 Å². The molecule has 0 unspecified atom stereocenters. The number of benzene rings is 1. The molecule has 2 rings (SSSR count). The minimum atomic E-state index is -3.76. The summed E-state index contributed by atoms with van der Waals surface area (Å²) in [4.78, 5) is 19.8. The third kappa shape index (κ3) is 5.56. The number of anilines is 1. The SMILES string of the molecule is CCOC(=O)c1nc(NS(=O)(=O)CCc2ccc(OC)cc2OC)ncc1C. The maximum absolute atomic E-state index is 12.4. The molecular weight excluding hydrogens is 386 g/mol. The molecule has 0 aliphatic carbocycles. The monoisotopic (exact) mass is 409 g/mol. The first-order valence-corrected chi connectivity index (χ1v) is 10.2. The van der Waals surface area contributed by atoms with Crippen molar-refractivity contribution in [2.24, 2.45) is 0 Å². The molecule has 10 heteroatoms. The summed E-state index contributed by atoms with van der Waals surface area (Å²) in [5.74, 6) is 0.106. The zero-order valence-electron chi connectivity index (χ0n) is 16.2. The van der Waals surface area contributed by atoms with Crippen molar-refractivity contribution in [2.75, 3.05) is 31.3 Å². The lowest BCUT2D eigenvalue weighted by atomic mass is 10.1. The molecule has 1 heterocycles. The Hall–Kier alpha value is -2.88. The fourth-order valence-corrected chi connectivity index (χ4v) is 3.36. The van der Waals surface area contributed by atoms with E-state index < -0.39 is 16.0 Å². The van der Waals surface area contributed by atoms with Crippen LogP contribution in [-0.2, 0) is 21.2 Å². The Morgan fingerprint density at radius 2 is 1.96 bits per heavy atom. The van der Waals surface area contributed by atoms with Gasteiger partial charge in [0.15, 0.2) is 5.69 Å². The number of rotatable bonds is 9. The Morgan fingerprint density at radius 3 is 2.61 bits per heavy atom. The van der Waals surface area contributed by atoms with Gasteiger partial charge in [-0.2, -0.15) is 0 Å². The smallest absolute Gasteiger partial charge is 0.357 e. The second-order valence-corrected chi connectivity index (χ2v) is 7.64. The highest BCUT2D eigenvalue weighted by atomic mass is 32.2. The van der Waals surface area contributed by atoms with Crippen LogP contribution in [0, 0.1) is 6.92 Å². The van der Waals surface area contributed by atoms with Crippen molar-refractivity contribution in [3.63, 3.8) is 0 Å². The maximum atomic E-state index is 12.4. The van der Waals surface area contributed by atoms with Crippen LogP contribution in [0.2, 0.25) is 0 Å². The minimum Gasteiger partial charge on any atom is -0.497 e. The summed E-state index contributed by atoms with van der Waals surface area (Å²) < 4.78 is 42.4. The van der Waals surface area contributed by atoms with Gasteiger partial charge in [0.25, 0.3) is 0 Å². The van der Waals surface area contributed by atoms with Gasteiger partial charge in [0.1, 0.15) is 11.5 Å². The summed E-state index contributed by atoms with van der Waals surface area (Å²) >= 11 is 0. The van der Waals surface area contributed by atoms with E-state index in [1.54, 1.807) is 32.0 Å². The Balaban J connectivity index is 2.12. The first-order valence-electron chi connectivity index (χ1n) is 8.51. The number of nitrogens with zero attached hydrogens (tertiary/aromatic N) is 2. The molecule has 1 aromatic carbocycles. The van der Waals surface area contributed by atoms with Crippen molar-refractivity contribution in [3.05, 3.63) is 41.2 Å². The molecule has 28 heavy (non-hydrogen) atoms. The van der Waals surface area contributed by atoms with Crippen LogP contribution in [0.3, 0.4) is 0 Å². The van der Waals surface area contributed by atoms with Crippen LogP contribution in [0.4, 0.5) is 5.95 Å². The van der Waals surface area contributed by atoms with E-state index in [0.717, 1.165) is 0 Å². The van der Waals surface area contributed by atoms with Gasteiger partial charge in [0.05, 0.1) is 26.6 Å². The predicted molar refractivity (Wildman–Crippen MR) is 103 cm³/mol. The van der Waals surface area contributed by atoms with E-state index in [4.69, 9.17) is 14.2 Å². The Bertz CT molecular complexity index is 946. The Kier molecular flexibility index (Phi) is 7.16. The normalized spacial score (nSPS) is 11.0. The quantitative estimate of drug-likeness (QED) is 0.625. The Labute approximate surface area is 164 Å². The van der Waals surface area contributed by atoms with Crippen molar-refractivity contribution >= 4 is 21.9 Å². The van der Waals surface area contributed by atoms with Crippen molar-refractivity contribution < 1.29 is 27.4 Å². The van der Waals surface area contributed by atoms with Crippen molar-refractivity contribution in [1.82, 2.24) is 9.97 Å². The van der Waals surface area contributed by atoms with Crippen LogP contribution in [0.15, 0.2) is 24.4 Å². The molecule has 1 aromatic heterocycles. The van der Waals surface area contributed by atoms with Gasteiger partial charge in [-0.1, -0.05) is 6.07 Å². The molecule has 0 bridgehead atoms. The number of aromatic nitrogens is 2. The lowest BCUT2D eigenvalue weighted by Gasteiger charge is -2.12. The number of aryl methyl sites for hydroxylation is 2. The van der Waals surface area contributed by atoms with Gasteiger partial charge in [-0.05, 0) is 31.9 Å². The molecule has 2 aromatic rings. The number of methoxy groups -OCH3 is 2. The van der Waals surface area contributed by atoms with Crippen LogP contribution < -0.4 is 14.2 Å². The summed E-state index contributed by atoms with van der Waals surface area (Å²) in [5, 5.41) is 0. The van der Waals surface area contributed by atoms with Gasteiger partial charge in [0.2, 0.25) is 16.0 Å². The molecule has 152 valence electrons. The van der Waals surface area contributed by atoms with Gasteiger partial charge >= 0.3 is 5.97 Å². The highest BCUT2D eigenvalue weighted by Crippen LogP contribution is 2.25. The first kappa shape index (κ1) is 21.4. The lowest BCUT2D eigenvalue weighted by molar-refractivity contribution is 0.0518. The molecule has 0 fully saturated rings. The number of carbonyl (C=O) groups excluding carboxylic acids is 1. The molecule has 9 nitrogen and oxygen atoms in total. The predicted octanol–water partition coefficient (Wildman–Crippen LogP) is 1.96. The van der Waals surface area contributed by atoms with Gasteiger partial charge in [-0.25, -0.2) is 23.2 Å². The summed E-state index contributed by atoms with van der Waals surface area (Å²) in [6, 6.07) is 5.16. The fraction of sp³-hybridized carbons (Fsp3) is 0.389. The molecule has 0 saturated carbocycles. The number of hydrogen-bond acceptors (Lipinski definition) is 8. The molecule has 0 aliphatic heterocycles. The average molecular weight is 409 g/mol.